The molecule has 2 aromatic heterocycles. The standard InChI is InChI=1S/C19H20FN5O3S/c1-11-22-23-19(29-11)21-16(26)4-5-17(27)25-8-6-12(7-9-25)18-14-10-13(20)2-3-15(14)28-24-18/h2-3,10,12H,4-9H2,1H3,(H,21,23,26). The van der Waals surface area contributed by atoms with E-state index in [4.69, 9.17) is 4.52 Å². The summed E-state index contributed by atoms with van der Waals surface area (Å²) in [5, 5.41) is 16.4. The monoisotopic (exact) mass is 417 g/mol. The second kappa shape index (κ2) is 8.24. The van der Waals surface area contributed by atoms with Gasteiger partial charge < -0.3 is 14.7 Å². The van der Waals surface area contributed by atoms with E-state index in [0.29, 0.717) is 29.2 Å². The van der Waals surface area contributed by atoms with Gasteiger partial charge in [-0.05, 0) is 38.0 Å². The fourth-order valence-electron chi connectivity index (χ4n) is 3.53. The predicted octanol–water partition coefficient (Wildman–Crippen LogP) is 3.25. The fraction of sp³-hybridized carbons (Fsp3) is 0.421. The molecular formula is C19H20FN5O3S. The highest BCUT2D eigenvalue weighted by Crippen LogP contribution is 2.33. The minimum atomic E-state index is -0.323. The number of amides is 2. The highest BCUT2D eigenvalue weighted by molar-refractivity contribution is 7.15. The Bertz CT molecular complexity index is 1040. The summed E-state index contributed by atoms with van der Waals surface area (Å²) in [4.78, 5) is 26.2. The summed E-state index contributed by atoms with van der Waals surface area (Å²) in [5.41, 5.74) is 1.31. The van der Waals surface area contributed by atoms with Crippen molar-refractivity contribution in [1.82, 2.24) is 20.3 Å². The average Bonchev–Trinajstić information content (AvgIpc) is 3.31. The second-order valence-electron chi connectivity index (χ2n) is 7.04. The van der Waals surface area contributed by atoms with Crippen LogP contribution in [0.15, 0.2) is 22.7 Å². The van der Waals surface area contributed by atoms with E-state index in [0.717, 1.165) is 23.5 Å². The minimum Gasteiger partial charge on any atom is -0.356 e. The predicted molar refractivity (Wildman–Crippen MR) is 105 cm³/mol. The number of benzene rings is 1. The number of aromatic nitrogens is 3. The van der Waals surface area contributed by atoms with Crippen molar-refractivity contribution in [3.05, 3.63) is 34.7 Å². The molecule has 1 aliphatic heterocycles. The van der Waals surface area contributed by atoms with Crippen molar-refractivity contribution in [1.29, 1.82) is 0 Å². The molecule has 0 unspecified atom stereocenters. The first-order valence-electron chi connectivity index (χ1n) is 9.42. The average molecular weight is 417 g/mol. The van der Waals surface area contributed by atoms with E-state index in [9.17, 15) is 14.0 Å². The molecule has 0 radical (unpaired) electrons. The largest absolute Gasteiger partial charge is 0.356 e. The molecule has 1 aromatic carbocycles. The third-order valence-electron chi connectivity index (χ3n) is 5.03. The number of carbonyl (C=O) groups is 2. The molecule has 1 fully saturated rings. The number of hydrogen-bond donors (Lipinski definition) is 1. The Morgan fingerprint density at radius 3 is 2.79 bits per heavy atom. The van der Waals surface area contributed by atoms with Gasteiger partial charge in [-0.2, -0.15) is 0 Å². The van der Waals surface area contributed by atoms with Gasteiger partial charge in [0.25, 0.3) is 0 Å². The van der Waals surface area contributed by atoms with Crippen LogP contribution in [0.2, 0.25) is 0 Å². The third kappa shape index (κ3) is 4.42. The third-order valence-corrected chi connectivity index (χ3v) is 5.79. The van der Waals surface area contributed by atoms with Crippen molar-refractivity contribution in [2.45, 2.75) is 38.5 Å². The number of rotatable bonds is 5. The van der Waals surface area contributed by atoms with Crippen LogP contribution < -0.4 is 5.32 Å². The molecular weight excluding hydrogens is 397 g/mol. The van der Waals surface area contributed by atoms with Crippen LogP contribution in [0.3, 0.4) is 0 Å². The highest BCUT2D eigenvalue weighted by Gasteiger charge is 2.27. The molecule has 8 nitrogen and oxygen atoms in total. The van der Waals surface area contributed by atoms with Crippen molar-refractivity contribution in [3.8, 4) is 0 Å². The Morgan fingerprint density at radius 1 is 1.28 bits per heavy atom. The maximum absolute atomic E-state index is 13.6. The lowest BCUT2D eigenvalue weighted by Gasteiger charge is -2.31. The fourth-order valence-corrected chi connectivity index (χ4v) is 4.14. The number of nitrogens with one attached hydrogen (secondary N) is 1. The van der Waals surface area contributed by atoms with Crippen LogP contribution in [-0.2, 0) is 9.59 Å². The first-order valence-corrected chi connectivity index (χ1v) is 10.2. The van der Waals surface area contributed by atoms with Gasteiger partial charge in [-0.15, -0.1) is 10.2 Å². The number of nitrogens with zero attached hydrogens (tertiary/aromatic N) is 4. The summed E-state index contributed by atoms with van der Waals surface area (Å²) in [6.07, 6.45) is 1.69. The van der Waals surface area contributed by atoms with E-state index in [1.54, 1.807) is 17.9 Å². The summed E-state index contributed by atoms with van der Waals surface area (Å²) in [6.45, 7) is 2.95. The second-order valence-corrected chi connectivity index (χ2v) is 8.22. The Balaban J connectivity index is 1.28. The quantitative estimate of drug-likeness (QED) is 0.684. The van der Waals surface area contributed by atoms with Crippen molar-refractivity contribution >= 4 is 39.3 Å². The first kappa shape index (κ1) is 19.4. The van der Waals surface area contributed by atoms with Gasteiger partial charge in [0.15, 0.2) is 5.58 Å². The van der Waals surface area contributed by atoms with E-state index < -0.39 is 0 Å². The topological polar surface area (TPSA) is 101 Å². The Labute approximate surface area is 170 Å². The number of likely N-dealkylation sites (tertiary alicyclic amines) is 1. The van der Waals surface area contributed by atoms with Gasteiger partial charge in [-0.25, -0.2) is 4.39 Å². The number of fused-ring (bicyclic) bond motifs is 1. The Morgan fingerprint density at radius 2 is 2.07 bits per heavy atom. The number of piperidine rings is 1. The number of hydrogen-bond acceptors (Lipinski definition) is 7. The van der Waals surface area contributed by atoms with Crippen LogP contribution in [-0.4, -0.2) is 45.2 Å². The smallest absolute Gasteiger partial charge is 0.226 e. The molecule has 0 saturated carbocycles. The molecule has 0 bridgehead atoms. The summed E-state index contributed by atoms with van der Waals surface area (Å²) in [6, 6.07) is 4.37. The van der Waals surface area contributed by atoms with Crippen LogP contribution in [0.4, 0.5) is 9.52 Å². The van der Waals surface area contributed by atoms with E-state index in [1.165, 1.54) is 23.5 Å². The van der Waals surface area contributed by atoms with Crippen LogP contribution in [0, 0.1) is 12.7 Å². The number of anilines is 1. The molecule has 29 heavy (non-hydrogen) atoms. The van der Waals surface area contributed by atoms with Gasteiger partial charge in [0, 0.05) is 37.2 Å². The molecule has 0 atom stereocenters. The Kier molecular flexibility index (Phi) is 5.52. The van der Waals surface area contributed by atoms with E-state index >= 15 is 0 Å². The van der Waals surface area contributed by atoms with Crippen molar-refractivity contribution < 1.29 is 18.5 Å². The maximum atomic E-state index is 13.6. The molecule has 10 heteroatoms. The van der Waals surface area contributed by atoms with Gasteiger partial charge in [-0.1, -0.05) is 16.5 Å². The minimum absolute atomic E-state index is 0.0527. The van der Waals surface area contributed by atoms with Crippen molar-refractivity contribution in [2.24, 2.45) is 0 Å². The lowest BCUT2D eigenvalue weighted by Crippen LogP contribution is -2.38. The van der Waals surface area contributed by atoms with Gasteiger partial charge in [-0.3, -0.25) is 9.59 Å². The number of aryl methyl sites for hydroxylation is 1. The molecule has 3 heterocycles. The van der Waals surface area contributed by atoms with Crippen LogP contribution in [0.25, 0.3) is 11.0 Å². The zero-order valence-corrected chi connectivity index (χ0v) is 16.7. The van der Waals surface area contributed by atoms with E-state index in [2.05, 4.69) is 20.7 Å². The van der Waals surface area contributed by atoms with E-state index in [-0.39, 0.29) is 36.4 Å². The van der Waals surface area contributed by atoms with Crippen LogP contribution >= 0.6 is 11.3 Å². The van der Waals surface area contributed by atoms with Crippen LogP contribution in [0.5, 0.6) is 0 Å². The summed E-state index contributed by atoms with van der Waals surface area (Å²) >= 11 is 1.29. The highest BCUT2D eigenvalue weighted by atomic mass is 32.1. The summed E-state index contributed by atoms with van der Waals surface area (Å²) in [5.74, 6) is -0.508. The van der Waals surface area contributed by atoms with Crippen molar-refractivity contribution in [3.63, 3.8) is 0 Å². The molecule has 0 aliphatic carbocycles. The molecule has 3 aromatic rings. The lowest BCUT2D eigenvalue weighted by atomic mass is 9.91. The molecule has 1 N–H and O–H groups in total. The number of carbonyl (C=O) groups excluding carboxylic acids is 2. The normalized spacial score (nSPS) is 15.0. The van der Waals surface area contributed by atoms with Crippen LogP contribution in [0.1, 0.15) is 42.3 Å². The molecule has 1 saturated heterocycles. The summed E-state index contributed by atoms with van der Waals surface area (Å²) in [7, 11) is 0. The zero-order valence-electron chi connectivity index (χ0n) is 15.9. The molecule has 4 rings (SSSR count). The Hall–Kier alpha value is -2.88. The molecule has 2 amide bonds. The SMILES string of the molecule is Cc1nnc(NC(=O)CCC(=O)N2CCC(c3noc4ccc(F)cc34)CC2)s1. The summed E-state index contributed by atoms with van der Waals surface area (Å²) < 4.78 is 18.9. The molecule has 0 spiro atoms. The lowest BCUT2D eigenvalue weighted by molar-refractivity contribution is -0.133. The maximum Gasteiger partial charge on any atom is 0.226 e. The van der Waals surface area contributed by atoms with Crippen molar-refractivity contribution in [2.75, 3.05) is 18.4 Å². The molecule has 1 aliphatic rings. The first-order chi connectivity index (χ1) is 14.0. The van der Waals surface area contributed by atoms with E-state index in [1.807, 2.05) is 0 Å². The van der Waals surface area contributed by atoms with Gasteiger partial charge >= 0.3 is 0 Å². The van der Waals surface area contributed by atoms with Gasteiger partial charge in [0.1, 0.15) is 10.8 Å². The van der Waals surface area contributed by atoms with Gasteiger partial charge in [0.2, 0.25) is 16.9 Å². The zero-order chi connectivity index (χ0) is 20.4. The van der Waals surface area contributed by atoms with Gasteiger partial charge in [0.05, 0.1) is 5.69 Å². The number of halogens is 1. The molecule has 152 valence electrons.